The van der Waals surface area contributed by atoms with Gasteiger partial charge in [0.05, 0.1) is 16.9 Å². The molecule has 2 aliphatic rings. The molecule has 3 aromatic carbocycles. The van der Waals surface area contributed by atoms with E-state index in [0.717, 1.165) is 54.6 Å². The van der Waals surface area contributed by atoms with Gasteiger partial charge in [0, 0.05) is 42.8 Å². The fourth-order valence-corrected chi connectivity index (χ4v) is 5.18. The lowest BCUT2D eigenvalue weighted by molar-refractivity contribution is 0.0715. The topological polar surface area (TPSA) is 40.5 Å². The van der Waals surface area contributed by atoms with Crippen LogP contribution in [0, 0.1) is 6.67 Å². The molecule has 4 aromatic rings. The second kappa shape index (κ2) is 8.32. The summed E-state index contributed by atoms with van der Waals surface area (Å²) in [5.74, 6) is 0.139. The third kappa shape index (κ3) is 3.63. The molecule has 0 saturated carbocycles. The first-order valence-electron chi connectivity index (χ1n) is 11.7. The summed E-state index contributed by atoms with van der Waals surface area (Å²) in [4.78, 5) is 17.9. The van der Waals surface area contributed by atoms with Crippen LogP contribution in [0.5, 0.6) is 0 Å². The van der Waals surface area contributed by atoms with Crippen molar-refractivity contribution in [3.8, 4) is 0 Å². The van der Waals surface area contributed by atoms with Crippen molar-refractivity contribution < 1.29 is 4.79 Å². The summed E-state index contributed by atoms with van der Waals surface area (Å²) >= 11 is 0. The highest BCUT2D eigenvalue weighted by atomic mass is 16.2. The van der Waals surface area contributed by atoms with Crippen molar-refractivity contribution in [3.63, 3.8) is 0 Å². The van der Waals surface area contributed by atoms with Gasteiger partial charge in [-0.15, -0.1) is 0 Å². The third-order valence-electron chi connectivity index (χ3n) is 6.90. The number of nitrogens with one attached hydrogen (secondary N) is 1. The molecule has 165 valence electrons. The van der Waals surface area contributed by atoms with Gasteiger partial charge in [-0.2, -0.15) is 0 Å². The number of rotatable bonds is 4. The van der Waals surface area contributed by atoms with Gasteiger partial charge in [0.2, 0.25) is 0 Å². The van der Waals surface area contributed by atoms with E-state index in [2.05, 4.69) is 82.1 Å². The Balaban J connectivity index is 1.20. The Morgan fingerprint density at radius 2 is 1.61 bits per heavy atom. The van der Waals surface area contributed by atoms with Gasteiger partial charge in [-0.1, -0.05) is 60.7 Å². The van der Waals surface area contributed by atoms with E-state index in [1.165, 1.54) is 11.3 Å². The van der Waals surface area contributed by atoms with Crippen LogP contribution in [0.4, 0.5) is 11.4 Å². The number of para-hydroxylation sites is 3. The fraction of sp³-hybridized carbons (Fsp3) is 0.214. The number of hydrogen-bond acceptors (Lipinski definition) is 3. The van der Waals surface area contributed by atoms with Gasteiger partial charge >= 0.3 is 0 Å². The Labute approximate surface area is 194 Å². The molecular formula is C28H27N4O. The summed E-state index contributed by atoms with van der Waals surface area (Å²) in [6.07, 6.45) is 3.96. The maximum absolute atomic E-state index is 13.6. The Bertz CT molecular complexity index is 1290. The SMILES string of the molecule is O=C(c1cn(Cc2ccccc2)c2ccccc12)N1CCC(N2[CH]Nc3ccccc32)CC1. The fourth-order valence-electron chi connectivity index (χ4n) is 5.18. The minimum atomic E-state index is 0.139. The number of likely N-dealkylation sites (tertiary alicyclic amines) is 1. The van der Waals surface area contributed by atoms with E-state index in [1.54, 1.807) is 0 Å². The molecule has 0 aliphatic carbocycles. The minimum absolute atomic E-state index is 0.139. The lowest BCUT2D eigenvalue weighted by Crippen LogP contribution is -2.45. The van der Waals surface area contributed by atoms with E-state index >= 15 is 0 Å². The second-order valence-electron chi connectivity index (χ2n) is 8.89. The van der Waals surface area contributed by atoms with Gasteiger partial charge in [-0.3, -0.25) is 4.79 Å². The molecule has 0 spiro atoms. The molecule has 1 aromatic heterocycles. The Morgan fingerprint density at radius 3 is 2.45 bits per heavy atom. The number of carbonyl (C=O) groups is 1. The van der Waals surface area contributed by atoms with Crippen molar-refractivity contribution in [2.45, 2.75) is 25.4 Å². The molecule has 1 fully saturated rings. The monoisotopic (exact) mass is 435 g/mol. The van der Waals surface area contributed by atoms with Gasteiger partial charge in [-0.25, -0.2) is 0 Å². The zero-order chi connectivity index (χ0) is 22.2. The Morgan fingerprint density at radius 1 is 0.879 bits per heavy atom. The summed E-state index contributed by atoms with van der Waals surface area (Å²) in [5, 5.41) is 4.40. The van der Waals surface area contributed by atoms with Crippen molar-refractivity contribution in [1.29, 1.82) is 0 Å². The van der Waals surface area contributed by atoms with Gasteiger partial charge in [0.25, 0.3) is 5.91 Å². The van der Waals surface area contributed by atoms with Crippen LogP contribution in [0.2, 0.25) is 0 Å². The number of benzene rings is 3. The molecule has 0 atom stereocenters. The number of fused-ring (bicyclic) bond motifs is 2. The predicted molar refractivity (Wildman–Crippen MR) is 133 cm³/mol. The molecule has 2 aliphatic heterocycles. The zero-order valence-corrected chi connectivity index (χ0v) is 18.5. The molecule has 1 amide bonds. The number of hydrogen-bond donors (Lipinski definition) is 1. The zero-order valence-electron chi connectivity index (χ0n) is 18.5. The average molecular weight is 436 g/mol. The van der Waals surface area contributed by atoms with Crippen LogP contribution >= 0.6 is 0 Å². The van der Waals surface area contributed by atoms with E-state index in [-0.39, 0.29) is 5.91 Å². The van der Waals surface area contributed by atoms with Crippen LogP contribution in [-0.2, 0) is 6.54 Å². The largest absolute Gasteiger partial charge is 0.360 e. The molecule has 1 radical (unpaired) electrons. The second-order valence-corrected chi connectivity index (χ2v) is 8.89. The summed E-state index contributed by atoms with van der Waals surface area (Å²) < 4.78 is 2.20. The molecule has 1 N–H and O–H groups in total. The maximum atomic E-state index is 13.6. The lowest BCUT2D eigenvalue weighted by Gasteiger charge is -2.37. The molecule has 0 unspecified atom stereocenters. The van der Waals surface area contributed by atoms with Gasteiger partial charge < -0.3 is 19.7 Å². The summed E-state index contributed by atoms with van der Waals surface area (Å²) in [7, 11) is 0. The van der Waals surface area contributed by atoms with Gasteiger partial charge in [0.15, 0.2) is 0 Å². The predicted octanol–water partition coefficient (Wildman–Crippen LogP) is 5.35. The first-order chi connectivity index (χ1) is 16.3. The number of anilines is 2. The standard InChI is InChI=1S/C28H27N4O/c33-28(30-16-14-22(15-17-30)32-20-29-25-11-5-7-13-27(25)32)24-19-31(18-21-8-2-1-3-9-21)26-12-6-4-10-23(24)26/h1-13,19-20,22,29H,14-18H2. The maximum Gasteiger partial charge on any atom is 0.256 e. The lowest BCUT2D eigenvalue weighted by atomic mass is 10.0. The van der Waals surface area contributed by atoms with Crippen LogP contribution in [0.15, 0.2) is 85.1 Å². The van der Waals surface area contributed by atoms with Gasteiger partial charge in [-0.05, 0) is 36.6 Å². The molecule has 3 heterocycles. The Hall–Kier alpha value is -3.73. The highest BCUT2D eigenvalue weighted by Crippen LogP contribution is 2.36. The summed E-state index contributed by atoms with van der Waals surface area (Å²) in [6.45, 7) is 4.38. The van der Waals surface area contributed by atoms with Gasteiger partial charge in [0.1, 0.15) is 6.67 Å². The number of piperidine rings is 1. The highest BCUT2D eigenvalue weighted by molar-refractivity contribution is 6.07. The van der Waals surface area contributed by atoms with E-state index in [4.69, 9.17) is 0 Å². The molecule has 5 heteroatoms. The summed E-state index contributed by atoms with van der Waals surface area (Å²) in [6, 6.07) is 27.4. The number of amides is 1. The first kappa shape index (κ1) is 19.9. The van der Waals surface area contributed by atoms with E-state index in [0.29, 0.717) is 6.04 Å². The van der Waals surface area contributed by atoms with Crippen LogP contribution in [0.1, 0.15) is 28.8 Å². The van der Waals surface area contributed by atoms with E-state index in [1.807, 2.05) is 29.3 Å². The van der Waals surface area contributed by atoms with E-state index in [9.17, 15) is 4.79 Å². The van der Waals surface area contributed by atoms with Crippen LogP contribution in [-0.4, -0.2) is 34.5 Å². The number of aromatic nitrogens is 1. The molecule has 33 heavy (non-hydrogen) atoms. The average Bonchev–Trinajstić information content (AvgIpc) is 3.47. The third-order valence-corrected chi connectivity index (χ3v) is 6.90. The quantitative estimate of drug-likeness (QED) is 0.470. The molecule has 1 saturated heterocycles. The van der Waals surface area contributed by atoms with Crippen molar-refractivity contribution in [2.24, 2.45) is 0 Å². The first-order valence-corrected chi connectivity index (χ1v) is 11.7. The van der Waals surface area contributed by atoms with Crippen LogP contribution < -0.4 is 10.2 Å². The Kier molecular flexibility index (Phi) is 5.02. The van der Waals surface area contributed by atoms with Crippen molar-refractivity contribution in [3.05, 3.63) is 103 Å². The van der Waals surface area contributed by atoms with E-state index < -0.39 is 0 Å². The van der Waals surface area contributed by atoms with Crippen LogP contribution in [0.25, 0.3) is 10.9 Å². The number of nitrogens with zero attached hydrogens (tertiary/aromatic N) is 3. The van der Waals surface area contributed by atoms with Crippen LogP contribution in [0.3, 0.4) is 0 Å². The molecule has 6 rings (SSSR count). The minimum Gasteiger partial charge on any atom is -0.360 e. The molecule has 5 nitrogen and oxygen atoms in total. The summed E-state index contributed by atoms with van der Waals surface area (Å²) in [5.41, 5.74) is 5.52. The molecular weight excluding hydrogens is 408 g/mol. The van der Waals surface area contributed by atoms with Crippen molar-refractivity contribution in [2.75, 3.05) is 23.3 Å². The highest BCUT2D eigenvalue weighted by Gasteiger charge is 2.31. The van der Waals surface area contributed by atoms with Crippen molar-refractivity contribution in [1.82, 2.24) is 9.47 Å². The number of carbonyl (C=O) groups excluding carboxylic acids is 1. The smallest absolute Gasteiger partial charge is 0.256 e. The normalized spacial score (nSPS) is 16.1. The van der Waals surface area contributed by atoms with Crippen molar-refractivity contribution >= 4 is 28.2 Å². The molecule has 0 bridgehead atoms.